The Bertz CT molecular complexity index is 911. The fourth-order valence-corrected chi connectivity index (χ4v) is 3.11. The molecule has 0 aliphatic rings. The van der Waals surface area contributed by atoms with Crippen LogP contribution in [-0.4, -0.2) is 22.8 Å². The van der Waals surface area contributed by atoms with Gasteiger partial charge < -0.3 is 19.7 Å². The van der Waals surface area contributed by atoms with Gasteiger partial charge >= 0.3 is 5.97 Å². The number of fused-ring (bicyclic) bond motifs is 1. The minimum absolute atomic E-state index is 0.305. The van der Waals surface area contributed by atoms with E-state index in [0.29, 0.717) is 24.5 Å². The van der Waals surface area contributed by atoms with E-state index in [1.165, 1.54) is 11.1 Å². The molecule has 3 aromatic rings. The van der Waals surface area contributed by atoms with Crippen LogP contribution in [0.15, 0.2) is 42.5 Å². The van der Waals surface area contributed by atoms with Gasteiger partial charge in [0.15, 0.2) is 0 Å². The quantitative estimate of drug-likeness (QED) is 0.722. The van der Waals surface area contributed by atoms with Crippen LogP contribution in [0.1, 0.15) is 27.2 Å². The van der Waals surface area contributed by atoms with Crippen molar-refractivity contribution in [3.8, 4) is 5.75 Å². The maximum Gasteiger partial charge on any atom is 0.352 e. The van der Waals surface area contributed by atoms with E-state index in [1.807, 2.05) is 18.2 Å². The molecule has 0 unspecified atom stereocenters. The second kappa shape index (κ2) is 6.99. The number of carbonyl (C=O) groups is 1. The summed E-state index contributed by atoms with van der Waals surface area (Å²) in [4.78, 5) is 11.8. The molecule has 1 aromatic heterocycles. The van der Waals surface area contributed by atoms with E-state index in [0.717, 1.165) is 16.5 Å². The van der Waals surface area contributed by atoms with Crippen molar-refractivity contribution in [3.05, 3.63) is 64.8 Å². The molecule has 0 spiro atoms. The Morgan fingerprint density at radius 1 is 1.16 bits per heavy atom. The molecule has 0 bridgehead atoms. The third-order valence-corrected chi connectivity index (χ3v) is 4.47. The normalized spacial score (nSPS) is 11.0. The number of carboxylic acid groups (broad SMARTS) is 1. The molecule has 0 aliphatic heterocycles. The van der Waals surface area contributed by atoms with Crippen LogP contribution in [0.5, 0.6) is 5.75 Å². The molecular formula is C20H22N2O3. The average Bonchev–Trinajstić information content (AvgIpc) is 2.88. The van der Waals surface area contributed by atoms with E-state index in [9.17, 15) is 9.90 Å². The second-order valence-corrected chi connectivity index (χ2v) is 6.16. The van der Waals surface area contributed by atoms with Gasteiger partial charge in [0.25, 0.3) is 0 Å². The van der Waals surface area contributed by atoms with Crippen LogP contribution in [0.4, 0.5) is 0 Å². The van der Waals surface area contributed by atoms with Crippen LogP contribution in [0.2, 0.25) is 0 Å². The highest BCUT2D eigenvalue weighted by atomic mass is 16.5. The lowest BCUT2D eigenvalue weighted by Gasteiger charge is -2.07. The minimum Gasteiger partial charge on any atom is -0.497 e. The number of benzene rings is 2. The van der Waals surface area contributed by atoms with Crippen molar-refractivity contribution in [2.24, 2.45) is 7.05 Å². The van der Waals surface area contributed by atoms with Gasteiger partial charge in [-0.3, -0.25) is 0 Å². The van der Waals surface area contributed by atoms with Gasteiger partial charge in [0.2, 0.25) is 0 Å². The maximum absolute atomic E-state index is 11.8. The summed E-state index contributed by atoms with van der Waals surface area (Å²) in [5.41, 5.74) is 4.34. The molecule has 0 radical (unpaired) electrons. The molecule has 130 valence electrons. The first kappa shape index (κ1) is 17.0. The molecule has 2 N–H and O–H groups in total. The number of aromatic carboxylic acids is 1. The lowest BCUT2D eigenvalue weighted by Crippen LogP contribution is -2.16. The van der Waals surface area contributed by atoms with Crippen molar-refractivity contribution in [1.82, 2.24) is 9.88 Å². The maximum atomic E-state index is 11.8. The highest BCUT2D eigenvalue weighted by Gasteiger charge is 2.20. The fraction of sp³-hybridized carbons (Fsp3) is 0.250. The van der Waals surface area contributed by atoms with E-state index < -0.39 is 5.97 Å². The van der Waals surface area contributed by atoms with E-state index in [2.05, 4.69) is 36.5 Å². The van der Waals surface area contributed by atoms with Gasteiger partial charge in [0.1, 0.15) is 11.4 Å². The van der Waals surface area contributed by atoms with Gasteiger partial charge in [-0.05, 0) is 24.6 Å². The number of carboxylic acids is 1. The first-order chi connectivity index (χ1) is 12.0. The summed E-state index contributed by atoms with van der Waals surface area (Å²) in [5, 5.41) is 13.9. The number of aromatic nitrogens is 1. The Labute approximate surface area is 146 Å². The van der Waals surface area contributed by atoms with Crippen LogP contribution in [0.25, 0.3) is 10.9 Å². The van der Waals surface area contributed by atoms with Crippen molar-refractivity contribution in [3.63, 3.8) is 0 Å². The zero-order valence-corrected chi connectivity index (χ0v) is 14.7. The third kappa shape index (κ3) is 3.37. The molecule has 0 saturated heterocycles. The van der Waals surface area contributed by atoms with Crippen molar-refractivity contribution >= 4 is 16.9 Å². The number of rotatable bonds is 6. The molecule has 0 saturated carbocycles. The lowest BCUT2D eigenvalue weighted by molar-refractivity contribution is 0.0685. The van der Waals surface area contributed by atoms with E-state index in [1.54, 1.807) is 18.7 Å². The van der Waals surface area contributed by atoms with Crippen molar-refractivity contribution < 1.29 is 14.6 Å². The predicted octanol–water partition coefficient (Wildman–Crippen LogP) is 3.48. The SMILES string of the molecule is COc1ccc2c(CNCc3ccc(C)cc3)c(C(=O)O)n(C)c2c1. The second-order valence-electron chi connectivity index (χ2n) is 6.16. The minimum atomic E-state index is -0.926. The first-order valence-corrected chi connectivity index (χ1v) is 8.16. The molecular weight excluding hydrogens is 316 g/mol. The summed E-state index contributed by atoms with van der Waals surface area (Å²) in [7, 11) is 3.38. The number of ether oxygens (including phenoxy) is 1. The molecule has 5 nitrogen and oxygen atoms in total. The van der Waals surface area contributed by atoms with Gasteiger partial charge in [-0.2, -0.15) is 0 Å². The van der Waals surface area contributed by atoms with Crippen molar-refractivity contribution in [2.75, 3.05) is 7.11 Å². The standard InChI is InChI=1S/C20H22N2O3/c1-13-4-6-14(7-5-13)11-21-12-17-16-9-8-15(25-3)10-18(16)22(2)19(17)20(23)24/h4-10,21H,11-12H2,1-3H3,(H,23,24). The molecule has 0 amide bonds. The largest absolute Gasteiger partial charge is 0.497 e. The van der Waals surface area contributed by atoms with Gasteiger partial charge in [0.05, 0.1) is 12.6 Å². The molecule has 25 heavy (non-hydrogen) atoms. The zero-order valence-electron chi connectivity index (χ0n) is 14.7. The van der Waals surface area contributed by atoms with Crippen LogP contribution < -0.4 is 10.1 Å². The number of hydrogen-bond donors (Lipinski definition) is 2. The van der Waals surface area contributed by atoms with E-state index in [4.69, 9.17) is 4.74 Å². The van der Waals surface area contributed by atoms with Crippen LogP contribution in [-0.2, 0) is 20.1 Å². The zero-order chi connectivity index (χ0) is 18.0. The number of aryl methyl sites for hydroxylation is 2. The fourth-order valence-electron chi connectivity index (χ4n) is 3.11. The van der Waals surface area contributed by atoms with Gasteiger partial charge in [-0.1, -0.05) is 29.8 Å². The number of nitrogens with zero attached hydrogens (tertiary/aromatic N) is 1. The Morgan fingerprint density at radius 3 is 2.52 bits per heavy atom. The first-order valence-electron chi connectivity index (χ1n) is 8.16. The van der Waals surface area contributed by atoms with Gasteiger partial charge in [-0.25, -0.2) is 4.79 Å². The Morgan fingerprint density at radius 2 is 1.88 bits per heavy atom. The molecule has 0 atom stereocenters. The Kier molecular flexibility index (Phi) is 4.76. The third-order valence-electron chi connectivity index (χ3n) is 4.47. The predicted molar refractivity (Wildman–Crippen MR) is 98.2 cm³/mol. The molecule has 3 rings (SSSR count). The Balaban J connectivity index is 1.90. The van der Waals surface area contributed by atoms with Gasteiger partial charge in [0, 0.05) is 37.2 Å². The number of methoxy groups -OCH3 is 1. The smallest absolute Gasteiger partial charge is 0.352 e. The molecule has 0 aliphatic carbocycles. The monoisotopic (exact) mass is 338 g/mol. The van der Waals surface area contributed by atoms with E-state index >= 15 is 0 Å². The van der Waals surface area contributed by atoms with E-state index in [-0.39, 0.29) is 0 Å². The highest BCUT2D eigenvalue weighted by Crippen LogP contribution is 2.29. The summed E-state index contributed by atoms with van der Waals surface area (Å²) in [5.74, 6) is -0.214. The summed E-state index contributed by atoms with van der Waals surface area (Å²) < 4.78 is 6.97. The van der Waals surface area contributed by atoms with Crippen molar-refractivity contribution in [1.29, 1.82) is 0 Å². The molecule has 0 fully saturated rings. The summed E-state index contributed by atoms with van der Waals surface area (Å²) in [6, 6.07) is 13.9. The van der Waals surface area contributed by atoms with Crippen LogP contribution >= 0.6 is 0 Å². The average molecular weight is 338 g/mol. The molecule has 2 aromatic carbocycles. The summed E-state index contributed by atoms with van der Waals surface area (Å²) >= 11 is 0. The van der Waals surface area contributed by atoms with Crippen molar-refractivity contribution in [2.45, 2.75) is 20.0 Å². The summed E-state index contributed by atoms with van der Waals surface area (Å²) in [6.07, 6.45) is 0. The highest BCUT2D eigenvalue weighted by molar-refractivity contribution is 5.98. The number of nitrogens with one attached hydrogen (secondary N) is 1. The topological polar surface area (TPSA) is 63.5 Å². The van der Waals surface area contributed by atoms with Crippen LogP contribution in [0, 0.1) is 6.92 Å². The Hall–Kier alpha value is -2.79. The van der Waals surface area contributed by atoms with Crippen LogP contribution in [0.3, 0.4) is 0 Å². The number of hydrogen-bond acceptors (Lipinski definition) is 3. The molecule has 5 heteroatoms. The molecule has 1 heterocycles. The lowest BCUT2D eigenvalue weighted by atomic mass is 10.1. The summed E-state index contributed by atoms with van der Waals surface area (Å²) in [6.45, 7) is 3.23. The van der Waals surface area contributed by atoms with Gasteiger partial charge in [-0.15, -0.1) is 0 Å².